The van der Waals surface area contributed by atoms with Gasteiger partial charge in [-0.25, -0.2) is 4.79 Å². The number of aliphatic carboxylic acids is 1. The van der Waals surface area contributed by atoms with Gasteiger partial charge in [-0.15, -0.1) is 0 Å². The number of carboxylic acid groups (broad SMARTS) is 1. The number of amides is 1. The average Bonchev–Trinajstić information content (AvgIpc) is 3.60. The van der Waals surface area contributed by atoms with E-state index in [0.717, 1.165) is 5.56 Å². The summed E-state index contributed by atoms with van der Waals surface area (Å²) in [5, 5.41) is 11.3. The summed E-state index contributed by atoms with van der Waals surface area (Å²) >= 11 is 0. The Morgan fingerprint density at radius 2 is 1.71 bits per heavy atom. The standard InChI is InChI=1S/C11H13BF2NO2.C10H17BO4.FH.K/c13-12(14)9-6-10(9)15-11(16)17-7-8-4-2-1-3-5-8;1-9(2)10(3,4)15-11(14-9)7-5-6(7)8(12)13;;/h1-5,9-10,12H,6-7H2,(H,15,16);6-7H,5H2,1-4H3,(H,12,13);1H;/q-1;;;+1/t9-,10-;6-,7-;;/m00../s1. The normalized spacial score (nSPS) is 27.3. The fourth-order valence-electron chi connectivity index (χ4n) is 3.54. The summed E-state index contributed by atoms with van der Waals surface area (Å²) in [7, 11) is -3.46. The number of carbonyl (C=O) groups excluding carboxylic acids is 1. The summed E-state index contributed by atoms with van der Waals surface area (Å²) in [6.07, 6.45) is 0.418. The summed E-state index contributed by atoms with van der Waals surface area (Å²) in [5.74, 6) is -1.61. The molecule has 2 saturated carbocycles. The molecule has 2 aliphatic carbocycles. The van der Waals surface area contributed by atoms with Crippen LogP contribution in [0.15, 0.2) is 30.3 Å². The molecule has 1 aromatic carbocycles. The number of ether oxygens (including phenoxy) is 1. The molecule has 4 atom stereocenters. The van der Waals surface area contributed by atoms with Gasteiger partial charge in [0.2, 0.25) is 0 Å². The van der Waals surface area contributed by atoms with Gasteiger partial charge in [0.1, 0.15) is 6.61 Å². The molecule has 1 saturated heterocycles. The van der Waals surface area contributed by atoms with E-state index in [0.29, 0.717) is 12.8 Å². The van der Waals surface area contributed by atoms with E-state index in [1.165, 1.54) is 0 Å². The van der Waals surface area contributed by atoms with Gasteiger partial charge >= 0.3 is 70.6 Å². The van der Waals surface area contributed by atoms with E-state index in [2.05, 4.69) is 5.32 Å². The van der Waals surface area contributed by atoms with Crippen molar-refractivity contribution >= 4 is 26.4 Å². The van der Waals surface area contributed by atoms with Crippen molar-refractivity contribution in [2.24, 2.45) is 5.92 Å². The first-order chi connectivity index (χ1) is 14.9. The van der Waals surface area contributed by atoms with Gasteiger partial charge in [-0.2, -0.15) is 0 Å². The van der Waals surface area contributed by atoms with Crippen LogP contribution < -0.4 is 56.7 Å². The second-order valence-electron chi connectivity index (χ2n) is 9.69. The largest absolute Gasteiger partial charge is 1.00 e. The van der Waals surface area contributed by atoms with Crippen molar-refractivity contribution in [3.63, 3.8) is 0 Å². The van der Waals surface area contributed by atoms with E-state index in [-0.39, 0.29) is 92.8 Å². The van der Waals surface area contributed by atoms with Gasteiger partial charge < -0.3 is 33.1 Å². The van der Waals surface area contributed by atoms with E-state index in [1.807, 2.05) is 58.0 Å². The van der Waals surface area contributed by atoms with Crippen LogP contribution in [0, 0.1) is 5.92 Å². The Labute approximate surface area is 241 Å². The SMILES string of the molecule is CC1(C)OB([C@H]2C[C@@H]2C(=O)O)OC1(C)C.F.O=C(N[C@H]1C[C@@H]1[BH-](F)F)OCc1ccccc1.[K+]. The number of hydrogen-bond donors (Lipinski definition) is 2. The van der Waals surface area contributed by atoms with Gasteiger partial charge in [-0.3, -0.25) is 9.50 Å². The van der Waals surface area contributed by atoms with Crippen molar-refractivity contribution in [1.82, 2.24) is 5.32 Å². The molecular formula is C21H31B2F3KNO6. The van der Waals surface area contributed by atoms with Crippen LogP contribution in [-0.2, 0) is 25.4 Å². The molecule has 1 amide bonds. The second-order valence-corrected chi connectivity index (χ2v) is 9.69. The molecule has 3 fully saturated rings. The van der Waals surface area contributed by atoms with Gasteiger partial charge in [0, 0.05) is 11.9 Å². The number of carbonyl (C=O) groups is 2. The fraction of sp³-hybridized carbons (Fsp3) is 0.619. The summed E-state index contributed by atoms with van der Waals surface area (Å²) in [4.78, 5) is 22.0. The zero-order valence-corrected chi connectivity index (χ0v) is 23.4. The predicted molar refractivity (Wildman–Crippen MR) is 119 cm³/mol. The third-order valence-electron chi connectivity index (χ3n) is 6.61. The maximum Gasteiger partial charge on any atom is 1.00 e. The molecule has 3 aliphatic rings. The Balaban J connectivity index is 0.000000323. The van der Waals surface area contributed by atoms with Crippen LogP contribution in [0.2, 0.25) is 11.6 Å². The van der Waals surface area contributed by atoms with Crippen molar-refractivity contribution < 1.29 is 93.5 Å². The minimum absolute atomic E-state index is 0. The van der Waals surface area contributed by atoms with Crippen molar-refractivity contribution in [2.45, 2.75) is 76.0 Å². The van der Waals surface area contributed by atoms with E-state index in [1.54, 1.807) is 0 Å². The summed E-state index contributed by atoms with van der Waals surface area (Å²) in [6, 6.07) is 8.81. The van der Waals surface area contributed by atoms with Crippen LogP contribution in [0.3, 0.4) is 0 Å². The molecule has 4 rings (SSSR count). The molecule has 1 heterocycles. The van der Waals surface area contributed by atoms with Gasteiger partial charge in [-0.05, 0) is 39.7 Å². The zero-order valence-electron chi connectivity index (χ0n) is 20.3. The predicted octanol–water partition coefficient (Wildman–Crippen LogP) is 0.925. The Bertz CT molecular complexity index is 820. The summed E-state index contributed by atoms with van der Waals surface area (Å²) < 4.78 is 41.0. The number of rotatable bonds is 6. The Morgan fingerprint density at radius 1 is 1.15 bits per heavy atom. The topological polar surface area (TPSA) is 94.1 Å². The number of nitrogens with one attached hydrogen (secondary N) is 1. The maximum atomic E-state index is 12.3. The second kappa shape index (κ2) is 12.6. The van der Waals surface area contributed by atoms with Crippen LogP contribution >= 0.6 is 0 Å². The first kappa shape index (κ1) is 31.5. The summed E-state index contributed by atoms with van der Waals surface area (Å²) in [6.45, 7) is 8.07. The Morgan fingerprint density at radius 3 is 2.15 bits per heavy atom. The first-order valence-electron chi connectivity index (χ1n) is 10.9. The first-order valence-corrected chi connectivity index (χ1v) is 10.9. The van der Waals surface area contributed by atoms with Crippen molar-refractivity contribution in [3.05, 3.63) is 35.9 Å². The number of carboxylic acids is 1. The van der Waals surface area contributed by atoms with Crippen LogP contribution in [0.25, 0.3) is 0 Å². The number of hydrogen-bond acceptors (Lipinski definition) is 5. The molecule has 7 nitrogen and oxygen atoms in total. The molecule has 1 aliphatic heterocycles. The van der Waals surface area contributed by atoms with Gasteiger partial charge in [0.25, 0.3) is 7.27 Å². The molecule has 1 aromatic rings. The van der Waals surface area contributed by atoms with Crippen molar-refractivity contribution in [3.8, 4) is 0 Å². The van der Waals surface area contributed by atoms with Crippen LogP contribution in [0.5, 0.6) is 0 Å². The zero-order chi connectivity index (χ0) is 23.7. The monoisotopic (exact) mass is 511 g/mol. The van der Waals surface area contributed by atoms with Crippen LogP contribution in [0.4, 0.5) is 18.1 Å². The third-order valence-corrected chi connectivity index (χ3v) is 6.61. The minimum Gasteiger partial charge on any atom is -0.481 e. The Kier molecular flexibility index (Phi) is 11.7. The van der Waals surface area contributed by atoms with Crippen molar-refractivity contribution in [1.29, 1.82) is 0 Å². The molecular weight excluding hydrogens is 480 g/mol. The number of halogens is 3. The molecule has 0 unspecified atom stereocenters. The van der Waals surface area contributed by atoms with E-state index in [9.17, 15) is 18.2 Å². The number of alkyl carbamates (subject to hydrolysis) is 1. The quantitative estimate of drug-likeness (QED) is 0.553. The molecule has 0 radical (unpaired) electrons. The third kappa shape index (κ3) is 8.24. The van der Waals surface area contributed by atoms with E-state index >= 15 is 0 Å². The van der Waals surface area contributed by atoms with E-state index in [4.69, 9.17) is 19.2 Å². The van der Waals surface area contributed by atoms with Crippen LogP contribution in [0.1, 0.15) is 46.1 Å². The fourth-order valence-corrected chi connectivity index (χ4v) is 3.54. The summed E-state index contributed by atoms with van der Waals surface area (Å²) in [5.41, 5.74) is 0.154. The average molecular weight is 511 g/mol. The van der Waals surface area contributed by atoms with Crippen molar-refractivity contribution in [2.75, 3.05) is 0 Å². The van der Waals surface area contributed by atoms with Gasteiger partial charge in [-0.1, -0.05) is 42.6 Å². The van der Waals surface area contributed by atoms with Crippen LogP contribution in [-0.4, -0.2) is 48.8 Å². The molecule has 0 bridgehead atoms. The smallest absolute Gasteiger partial charge is 0.481 e. The van der Waals surface area contributed by atoms with Gasteiger partial charge in [0.05, 0.1) is 17.1 Å². The maximum absolute atomic E-state index is 12.3. The van der Waals surface area contributed by atoms with Gasteiger partial charge in [0.15, 0.2) is 0 Å². The number of benzene rings is 1. The Hall–Kier alpha value is -0.564. The molecule has 0 spiro atoms. The minimum atomic E-state index is -3.11. The van der Waals surface area contributed by atoms with E-state index < -0.39 is 31.2 Å². The molecule has 184 valence electrons. The molecule has 0 aromatic heterocycles. The molecule has 34 heavy (non-hydrogen) atoms. The molecule has 2 N–H and O–H groups in total. The molecule has 13 heteroatoms.